The van der Waals surface area contributed by atoms with Crippen molar-refractivity contribution in [3.05, 3.63) is 57.9 Å². The number of rotatable bonds is 5. The number of nitro benzene ring substituents is 1. The van der Waals surface area contributed by atoms with Crippen LogP contribution in [0.5, 0.6) is 5.75 Å². The molecule has 0 aliphatic heterocycles. The number of carbonyl (C=O) groups is 1. The molecule has 0 aliphatic rings. The summed E-state index contributed by atoms with van der Waals surface area (Å²) in [5, 5.41) is 28.3. The first-order valence-electron chi connectivity index (χ1n) is 7.37. The van der Waals surface area contributed by atoms with Gasteiger partial charge in [-0.25, -0.2) is 9.78 Å². The van der Waals surface area contributed by atoms with Crippen molar-refractivity contribution in [3.8, 4) is 5.75 Å². The molecule has 26 heavy (non-hydrogen) atoms. The lowest BCUT2D eigenvalue weighted by atomic mass is 10.2. The van der Waals surface area contributed by atoms with Gasteiger partial charge in [0.05, 0.1) is 17.7 Å². The standard InChI is InChI=1S/C16H13N5O5/c1-9-3-6-13-17-14(16(22)23)15(20(13)8-9)19-18-10-4-5-12(26-2)11(7-10)21(24)25/h3-8H,1-2H3,(H,22,23). The Morgan fingerprint density at radius 3 is 2.73 bits per heavy atom. The van der Waals surface area contributed by atoms with E-state index in [-0.39, 0.29) is 28.6 Å². The second-order valence-corrected chi connectivity index (χ2v) is 5.34. The molecule has 0 unspecified atom stereocenters. The van der Waals surface area contributed by atoms with E-state index in [1.54, 1.807) is 18.3 Å². The number of benzene rings is 1. The highest BCUT2D eigenvalue weighted by atomic mass is 16.6. The highest BCUT2D eigenvalue weighted by molar-refractivity contribution is 5.91. The first-order chi connectivity index (χ1) is 12.4. The molecule has 0 amide bonds. The fourth-order valence-electron chi connectivity index (χ4n) is 2.37. The fraction of sp³-hybridized carbons (Fsp3) is 0.125. The Morgan fingerprint density at radius 1 is 1.31 bits per heavy atom. The molecule has 0 radical (unpaired) electrons. The molecule has 2 heterocycles. The van der Waals surface area contributed by atoms with Gasteiger partial charge in [0.1, 0.15) is 5.65 Å². The Morgan fingerprint density at radius 2 is 2.08 bits per heavy atom. The minimum atomic E-state index is -1.25. The number of hydrogen-bond acceptors (Lipinski definition) is 7. The first kappa shape index (κ1) is 17.0. The normalized spacial score (nSPS) is 11.2. The summed E-state index contributed by atoms with van der Waals surface area (Å²) in [4.78, 5) is 25.9. The number of aromatic nitrogens is 2. The van der Waals surface area contributed by atoms with Crippen molar-refractivity contribution in [1.82, 2.24) is 9.38 Å². The summed E-state index contributed by atoms with van der Waals surface area (Å²) in [6, 6.07) is 7.52. The molecule has 10 heteroatoms. The predicted molar refractivity (Wildman–Crippen MR) is 90.7 cm³/mol. The first-order valence-corrected chi connectivity index (χ1v) is 7.37. The van der Waals surface area contributed by atoms with Crippen LogP contribution < -0.4 is 4.74 Å². The number of fused-ring (bicyclic) bond motifs is 1. The topological polar surface area (TPSA) is 132 Å². The van der Waals surface area contributed by atoms with Gasteiger partial charge in [0, 0.05) is 12.3 Å². The summed E-state index contributed by atoms with van der Waals surface area (Å²) in [5.41, 5.74) is 0.932. The summed E-state index contributed by atoms with van der Waals surface area (Å²) in [5.74, 6) is -1.14. The number of carboxylic acid groups (broad SMARTS) is 1. The number of carboxylic acids is 1. The van der Waals surface area contributed by atoms with Gasteiger partial charge in [0.25, 0.3) is 0 Å². The van der Waals surface area contributed by atoms with Crippen LogP contribution in [-0.4, -0.2) is 32.5 Å². The Bertz CT molecular complexity index is 1060. The highest BCUT2D eigenvalue weighted by Gasteiger charge is 2.19. The zero-order chi connectivity index (χ0) is 18.8. The van der Waals surface area contributed by atoms with Gasteiger partial charge in [-0.05, 0) is 30.7 Å². The quantitative estimate of drug-likeness (QED) is 0.422. The number of aryl methyl sites for hydroxylation is 1. The largest absolute Gasteiger partial charge is 0.490 e. The Balaban J connectivity index is 2.10. The van der Waals surface area contributed by atoms with E-state index in [0.29, 0.717) is 5.65 Å². The Hall–Kier alpha value is -3.82. The van der Waals surface area contributed by atoms with Gasteiger partial charge in [-0.1, -0.05) is 6.07 Å². The van der Waals surface area contributed by atoms with Crippen LogP contribution in [0.4, 0.5) is 17.2 Å². The molecule has 3 aromatic rings. The highest BCUT2D eigenvalue weighted by Crippen LogP contribution is 2.32. The number of azo groups is 1. The molecule has 0 saturated carbocycles. The molecule has 0 bridgehead atoms. The Labute approximate surface area is 146 Å². The van der Waals surface area contributed by atoms with Gasteiger partial charge in [-0.3, -0.25) is 14.5 Å². The van der Waals surface area contributed by atoms with Crippen molar-refractivity contribution >= 4 is 28.8 Å². The van der Waals surface area contributed by atoms with Crippen LogP contribution in [0.15, 0.2) is 46.8 Å². The van der Waals surface area contributed by atoms with E-state index in [9.17, 15) is 20.0 Å². The van der Waals surface area contributed by atoms with Crippen LogP contribution in [-0.2, 0) is 0 Å². The number of methoxy groups -OCH3 is 1. The van der Waals surface area contributed by atoms with Crippen molar-refractivity contribution in [2.75, 3.05) is 7.11 Å². The fourth-order valence-corrected chi connectivity index (χ4v) is 2.37. The molecular weight excluding hydrogens is 342 g/mol. The van der Waals surface area contributed by atoms with Crippen LogP contribution in [0, 0.1) is 17.0 Å². The number of aromatic carboxylic acids is 1. The van der Waals surface area contributed by atoms with Crippen LogP contribution >= 0.6 is 0 Å². The van der Waals surface area contributed by atoms with E-state index in [2.05, 4.69) is 15.2 Å². The summed E-state index contributed by atoms with van der Waals surface area (Å²) in [7, 11) is 1.32. The van der Waals surface area contributed by atoms with Crippen LogP contribution in [0.3, 0.4) is 0 Å². The van der Waals surface area contributed by atoms with Crippen LogP contribution in [0.25, 0.3) is 5.65 Å². The van der Waals surface area contributed by atoms with Crippen molar-refractivity contribution < 1.29 is 19.6 Å². The molecule has 0 atom stereocenters. The van der Waals surface area contributed by atoms with Gasteiger partial charge >= 0.3 is 11.7 Å². The lowest BCUT2D eigenvalue weighted by Crippen LogP contribution is -1.96. The van der Waals surface area contributed by atoms with Crippen LogP contribution in [0.2, 0.25) is 0 Å². The summed E-state index contributed by atoms with van der Waals surface area (Å²) < 4.78 is 6.43. The molecule has 3 rings (SSSR count). The van der Waals surface area contributed by atoms with Gasteiger partial charge in [0.2, 0.25) is 0 Å². The van der Waals surface area contributed by atoms with Gasteiger partial charge in [-0.2, -0.15) is 0 Å². The minimum Gasteiger partial charge on any atom is -0.490 e. The lowest BCUT2D eigenvalue weighted by molar-refractivity contribution is -0.385. The predicted octanol–water partition coefficient (Wildman–Crippen LogP) is 3.67. The summed E-state index contributed by atoms with van der Waals surface area (Å²) in [6.45, 7) is 1.84. The zero-order valence-electron chi connectivity index (χ0n) is 13.8. The molecule has 1 N–H and O–H groups in total. The third-order valence-corrected chi connectivity index (χ3v) is 3.56. The number of nitro groups is 1. The van der Waals surface area contributed by atoms with E-state index in [4.69, 9.17) is 4.74 Å². The Kier molecular flexibility index (Phi) is 4.31. The molecule has 2 aromatic heterocycles. The number of imidazole rings is 1. The summed E-state index contributed by atoms with van der Waals surface area (Å²) >= 11 is 0. The minimum absolute atomic E-state index is 0.0228. The molecule has 0 fully saturated rings. The van der Waals surface area contributed by atoms with E-state index in [0.717, 1.165) is 5.56 Å². The lowest BCUT2D eigenvalue weighted by Gasteiger charge is -2.01. The smallest absolute Gasteiger partial charge is 0.358 e. The summed E-state index contributed by atoms with van der Waals surface area (Å²) in [6.07, 6.45) is 1.68. The molecule has 0 spiro atoms. The van der Waals surface area contributed by atoms with Gasteiger partial charge in [0.15, 0.2) is 17.3 Å². The second-order valence-electron chi connectivity index (χ2n) is 5.34. The molecular formula is C16H13N5O5. The molecule has 1 aromatic carbocycles. The van der Waals surface area contributed by atoms with E-state index in [1.807, 2.05) is 6.92 Å². The van der Waals surface area contributed by atoms with E-state index in [1.165, 1.54) is 29.7 Å². The van der Waals surface area contributed by atoms with Crippen molar-refractivity contribution in [2.24, 2.45) is 10.2 Å². The van der Waals surface area contributed by atoms with Gasteiger partial charge in [-0.15, -0.1) is 10.2 Å². The van der Waals surface area contributed by atoms with E-state index < -0.39 is 10.9 Å². The number of nitrogens with zero attached hydrogens (tertiary/aromatic N) is 5. The molecule has 10 nitrogen and oxygen atoms in total. The maximum absolute atomic E-state index is 11.4. The average Bonchev–Trinajstić information content (AvgIpc) is 2.97. The van der Waals surface area contributed by atoms with Crippen molar-refractivity contribution in [1.29, 1.82) is 0 Å². The number of pyridine rings is 1. The average molecular weight is 355 g/mol. The number of ether oxygens (including phenoxy) is 1. The SMILES string of the molecule is COc1ccc(N=Nc2c(C(=O)O)nc3ccc(C)cn23)cc1[N+](=O)[O-]. The van der Waals surface area contributed by atoms with Crippen molar-refractivity contribution in [3.63, 3.8) is 0 Å². The van der Waals surface area contributed by atoms with E-state index >= 15 is 0 Å². The van der Waals surface area contributed by atoms with Crippen LogP contribution in [0.1, 0.15) is 16.1 Å². The third-order valence-electron chi connectivity index (χ3n) is 3.56. The maximum Gasteiger partial charge on any atom is 0.358 e. The monoisotopic (exact) mass is 355 g/mol. The molecule has 0 aliphatic carbocycles. The van der Waals surface area contributed by atoms with Gasteiger partial charge < -0.3 is 9.84 Å². The molecule has 132 valence electrons. The second kappa shape index (κ2) is 6.59. The number of hydrogen-bond donors (Lipinski definition) is 1. The maximum atomic E-state index is 11.4. The van der Waals surface area contributed by atoms with Crippen molar-refractivity contribution in [2.45, 2.75) is 6.92 Å². The third kappa shape index (κ3) is 3.07. The zero-order valence-corrected chi connectivity index (χ0v) is 13.8. The molecule has 0 saturated heterocycles.